The van der Waals surface area contributed by atoms with Crippen LogP contribution >= 0.6 is 0 Å². The second-order valence-electron chi connectivity index (χ2n) is 6.76. The van der Waals surface area contributed by atoms with Gasteiger partial charge in [-0.2, -0.15) is 0 Å². The van der Waals surface area contributed by atoms with Crippen molar-refractivity contribution in [3.8, 4) is 0 Å². The molecule has 0 aromatic heterocycles. The van der Waals surface area contributed by atoms with Crippen LogP contribution in [0.5, 0.6) is 0 Å². The quantitative estimate of drug-likeness (QED) is 0.868. The van der Waals surface area contributed by atoms with Gasteiger partial charge in [-0.15, -0.1) is 0 Å². The lowest BCUT2D eigenvalue weighted by Crippen LogP contribution is -2.35. The smallest absolute Gasteiger partial charge is 0.251 e. The topological polar surface area (TPSA) is 81.4 Å². The van der Waals surface area contributed by atoms with E-state index in [1.165, 1.54) is 5.56 Å². The molecule has 5 nitrogen and oxygen atoms in total. The molecule has 1 aliphatic heterocycles. The highest BCUT2D eigenvalue weighted by molar-refractivity contribution is 5.97. The highest BCUT2D eigenvalue weighted by atomic mass is 16.5. The summed E-state index contributed by atoms with van der Waals surface area (Å²) >= 11 is 0. The molecule has 2 aromatic carbocycles. The number of primary amides is 1. The van der Waals surface area contributed by atoms with Crippen LogP contribution in [-0.2, 0) is 4.74 Å². The van der Waals surface area contributed by atoms with Gasteiger partial charge in [0.05, 0.1) is 6.10 Å². The van der Waals surface area contributed by atoms with E-state index in [4.69, 9.17) is 10.5 Å². The maximum absolute atomic E-state index is 12.4. The van der Waals surface area contributed by atoms with Gasteiger partial charge in [0.25, 0.3) is 5.91 Å². The molecule has 0 spiro atoms. The first-order valence-electron chi connectivity index (χ1n) is 8.91. The second kappa shape index (κ2) is 8.15. The van der Waals surface area contributed by atoms with Crippen LogP contribution in [-0.4, -0.2) is 25.0 Å². The molecule has 2 amide bonds. The number of nitrogens with two attached hydrogens (primary N) is 1. The molecule has 5 heteroatoms. The number of hydrogen-bond acceptors (Lipinski definition) is 3. The minimum Gasteiger partial charge on any atom is -0.373 e. The number of nitrogens with one attached hydrogen (secondary N) is 1. The highest BCUT2D eigenvalue weighted by Gasteiger charge is 2.27. The van der Waals surface area contributed by atoms with E-state index in [0.717, 1.165) is 25.0 Å². The number of carbonyl (C=O) groups is 2. The molecule has 1 fully saturated rings. The zero-order chi connectivity index (χ0) is 18.5. The number of carbonyl (C=O) groups excluding carboxylic acids is 2. The fourth-order valence-electron chi connectivity index (χ4n) is 3.29. The molecule has 3 N–H and O–H groups in total. The average Bonchev–Trinajstić information content (AvgIpc) is 2.67. The monoisotopic (exact) mass is 352 g/mol. The van der Waals surface area contributed by atoms with Gasteiger partial charge in [0, 0.05) is 30.2 Å². The van der Waals surface area contributed by atoms with Crippen LogP contribution < -0.4 is 11.1 Å². The predicted molar refractivity (Wildman–Crippen MR) is 99.9 cm³/mol. The van der Waals surface area contributed by atoms with Crippen molar-refractivity contribution in [1.82, 2.24) is 5.32 Å². The molecule has 1 aliphatic rings. The molecule has 0 radical (unpaired) electrons. The number of aryl methyl sites for hydroxylation is 1. The van der Waals surface area contributed by atoms with E-state index in [1.54, 1.807) is 24.3 Å². The van der Waals surface area contributed by atoms with Crippen LogP contribution in [0.1, 0.15) is 50.8 Å². The largest absolute Gasteiger partial charge is 0.373 e. The van der Waals surface area contributed by atoms with E-state index in [0.29, 0.717) is 17.7 Å². The number of rotatable bonds is 5. The van der Waals surface area contributed by atoms with Crippen LogP contribution in [0.2, 0.25) is 0 Å². The lowest BCUT2D eigenvalue weighted by atomic mass is 9.89. The van der Waals surface area contributed by atoms with Crippen LogP contribution in [0.25, 0.3) is 0 Å². The molecule has 1 heterocycles. The standard InChI is InChI=1S/C21H24N2O3/c1-14-4-6-15(7-5-14)19-18(3-2-12-26-19)13-23-21(25)17-10-8-16(9-11-17)20(22)24/h4-11,18-19H,2-3,12-13H2,1H3,(H2,22,24)(H,23,25). The van der Waals surface area contributed by atoms with Gasteiger partial charge in [-0.25, -0.2) is 0 Å². The third-order valence-corrected chi connectivity index (χ3v) is 4.81. The van der Waals surface area contributed by atoms with Gasteiger partial charge in [0.2, 0.25) is 5.91 Å². The maximum atomic E-state index is 12.4. The van der Waals surface area contributed by atoms with Crippen molar-refractivity contribution in [1.29, 1.82) is 0 Å². The van der Waals surface area contributed by atoms with E-state index in [1.807, 2.05) is 0 Å². The van der Waals surface area contributed by atoms with Crippen molar-refractivity contribution in [2.75, 3.05) is 13.2 Å². The maximum Gasteiger partial charge on any atom is 0.251 e. The van der Waals surface area contributed by atoms with Gasteiger partial charge in [-0.3, -0.25) is 9.59 Å². The molecule has 1 saturated heterocycles. The molecule has 3 rings (SSSR count). The molecule has 26 heavy (non-hydrogen) atoms. The molecular formula is C21H24N2O3. The molecule has 136 valence electrons. The minimum absolute atomic E-state index is 0.00175. The zero-order valence-electron chi connectivity index (χ0n) is 14.9. The van der Waals surface area contributed by atoms with Gasteiger partial charge < -0.3 is 15.8 Å². The summed E-state index contributed by atoms with van der Waals surface area (Å²) in [5.41, 5.74) is 8.50. The van der Waals surface area contributed by atoms with E-state index in [-0.39, 0.29) is 17.9 Å². The fraction of sp³-hybridized carbons (Fsp3) is 0.333. The van der Waals surface area contributed by atoms with Gasteiger partial charge in [0.15, 0.2) is 0 Å². The van der Waals surface area contributed by atoms with Crippen LogP contribution in [0.15, 0.2) is 48.5 Å². The summed E-state index contributed by atoms with van der Waals surface area (Å²) in [5, 5.41) is 2.99. The summed E-state index contributed by atoms with van der Waals surface area (Å²) in [6, 6.07) is 14.7. The average molecular weight is 352 g/mol. The van der Waals surface area contributed by atoms with Gasteiger partial charge >= 0.3 is 0 Å². The van der Waals surface area contributed by atoms with Crippen molar-refractivity contribution in [3.05, 3.63) is 70.8 Å². The van der Waals surface area contributed by atoms with Crippen molar-refractivity contribution in [2.45, 2.75) is 25.9 Å². The van der Waals surface area contributed by atoms with Crippen molar-refractivity contribution < 1.29 is 14.3 Å². The summed E-state index contributed by atoms with van der Waals surface area (Å²) < 4.78 is 5.99. The number of amides is 2. The minimum atomic E-state index is -0.503. The zero-order valence-corrected chi connectivity index (χ0v) is 14.9. The number of ether oxygens (including phenoxy) is 1. The van der Waals surface area contributed by atoms with Gasteiger partial charge in [0.1, 0.15) is 0 Å². The fourth-order valence-corrected chi connectivity index (χ4v) is 3.29. The Balaban J connectivity index is 1.63. The summed E-state index contributed by atoms with van der Waals surface area (Å²) in [4.78, 5) is 23.5. The first-order valence-corrected chi connectivity index (χ1v) is 8.91. The summed E-state index contributed by atoms with van der Waals surface area (Å²) in [6.45, 7) is 3.36. The Morgan fingerprint density at radius 2 is 1.73 bits per heavy atom. The van der Waals surface area contributed by atoms with Crippen molar-refractivity contribution in [3.63, 3.8) is 0 Å². The van der Waals surface area contributed by atoms with Crippen molar-refractivity contribution in [2.24, 2.45) is 11.7 Å². The first-order chi connectivity index (χ1) is 12.5. The van der Waals surface area contributed by atoms with Crippen LogP contribution in [0, 0.1) is 12.8 Å². The van der Waals surface area contributed by atoms with E-state index < -0.39 is 5.91 Å². The van der Waals surface area contributed by atoms with Crippen molar-refractivity contribution >= 4 is 11.8 Å². The van der Waals surface area contributed by atoms with E-state index in [9.17, 15) is 9.59 Å². The van der Waals surface area contributed by atoms with Crippen LogP contribution in [0.4, 0.5) is 0 Å². The predicted octanol–water partition coefficient (Wildman–Crippen LogP) is 2.99. The van der Waals surface area contributed by atoms with E-state index >= 15 is 0 Å². The summed E-state index contributed by atoms with van der Waals surface area (Å²) in [6.07, 6.45) is 2.01. The number of benzene rings is 2. The third kappa shape index (κ3) is 4.29. The molecule has 0 bridgehead atoms. The Bertz CT molecular complexity index is 769. The summed E-state index contributed by atoms with van der Waals surface area (Å²) in [5.74, 6) is -0.424. The lowest BCUT2D eigenvalue weighted by molar-refractivity contribution is -0.0272. The Kier molecular flexibility index (Phi) is 5.68. The molecule has 2 unspecified atom stereocenters. The normalized spacial score (nSPS) is 19.7. The Labute approximate surface area is 153 Å². The Morgan fingerprint density at radius 1 is 1.08 bits per heavy atom. The number of hydrogen-bond donors (Lipinski definition) is 2. The molecular weight excluding hydrogens is 328 g/mol. The van der Waals surface area contributed by atoms with E-state index in [2.05, 4.69) is 36.5 Å². The SMILES string of the molecule is Cc1ccc(C2OCCCC2CNC(=O)c2ccc(C(N)=O)cc2)cc1. The third-order valence-electron chi connectivity index (χ3n) is 4.81. The highest BCUT2D eigenvalue weighted by Crippen LogP contribution is 2.33. The Hall–Kier alpha value is -2.66. The molecule has 0 aliphatic carbocycles. The van der Waals surface area contributed by atoms with Gasteiger partial charge in [-0.1, -0.05) is 29.8 Å². The molecule has 0 saturated carbocycles. The van der Waals surface area contributed by atoms with Gasteiger partial charge in [-0.05, 0) is 49.6 Å². The molecule has 2 atom stereocenters. The first kappa shape index (κ1) is 18.1. The Morgan fingerprint density at radius 3 is 2.38 bits per heavy atom. The lowest BCUT2D eigenvalue weighted by Gasteiger charge is -2.32. The molecule has 2 aromatic rings. The summed E-state index contributed by atoms with van der Waals surface area (Å²) in [7, 11) is 0. The van der Waals surface area contributed by atoms with Crippen LogP contribution in [0.3, 0.4) is 0 Å². The second-order valence-corrected chi connectivity index (χ2v) is 6.76.